The summed E-state index contributed by atoms with van der Waals surface area (Å²) in [6.07, 6.45) is 2.53. The van der Waals surface area contributed by atoms with Crippen LogP contribution in [0.4, 0.5) is 29.2 Å². The van der Waals surface area contributed by atoms with Crippen LogP contribution in [0.3, 0.4) is 0 Å². The van der Waals surface area contributed by atoms with Crippen molar-refractivity contribution in [2.24, 2.45) is 0 Å². The van der Waals surface area contributed by atoms with E-state index in [1.54, 1.807) is 0 Å². The number of anilines is 2. The Morgan fingerprint density at radius 3 is 2.46 bits per heavy atom. The normalized spacial score (nSPS) is 17.6. The third kappa shape index (κ3) is 5.41. The molecule has 7 nitrogen and oxygen atoms in total. The Morgan fingerprint density at radius 2 is 1.76 bits per heavy atom. The number of halogens is 4. The molecule has 2 aliphatic heterocycles. The average Bonchev–Trinajstić information content (AvgIpc) is 3.54. The second-order valence-electron chi connectivity index (χ2n) is 9.89. The van der Waals surface area contributed by atoms with Crippen molar-refractivity contribution in [1.29, 1.82) is 0 Å². The van der Waals surface area contributed by atoms with Crippen molar-refractivity contribution in [1.82, 2.24) is 24.4 Å². The molecule has 0 radical (unpaired) electrons. The van der Waals surface area contributed by atoms with Gasteiger partial charge in [0.1, 0.15) is 29.6 Å². The second kappa shape index (κ2) is 10.3. The third-order valence-electron chi connectivity index (χ3n) is 7.49. The molecule has 0 amide bonds. The lowest BCUT2D eigenvalue weighted by Crippen LogP contribution is -2.35. The summed E-state index contributed by atoms with van der Waals surface area (Å²) in [5, 5.41) is 0. The van der Waals surface area contributed by atoms with Crippen molar-refractivity contribution in [2.75, 3.05) is 43.4 Å². The maximum absolute atomic E-state index is 13.9. The zero-order valence-electron chi connectivity index (χ0n) is 20.8. The smallest absolute Gasteiger partial charge is 0.383 e. The number of alkyl halides is 3. The van der Waals surface area contributed by atoms with E-state index in [1.165, 1.54) is 25.2 Å². The largest absolute Gasteiger partial charge is 0.419 e. The Hall–Kier alpha value is -3.21. The molecule has 0 atom stereocenters. The Kier molecular flexibility index (Phi) is 7.06. The molecule has 2 aromatic heterocycles. The van der Waals surface area contributed by atoms with Gasteiger partial charge in [-0.2, -0.15) is 13.2 Å². The van der Waals surface area contributed by atoms with Crippen LogP contribution < -0.4 is 10.6 Å². The van der Waals surface area contributed by atoms with Gasteiger partial charge in [-0.15, -0.1) is 0 Å². The molecule has 3 aromatic rings. The van der Waals surface area contributed by atoms with Crippen molar-refractivity contribution in [3.63, 3.8) is 0 Å². The molecule has 2 fully saturated rings. The first-order valence-corrected chi connectivity index (χ1v) is 12.7. The summed E-state index contributed by atoms with van der Waals surface area (Å²) in [7, 11) is 0. The lowest BCUT2D eigenvalue weighted by molar-refractivity contribution is -0.139. The second-order valence-corrected chi connectivity index (χ2v) is 9.89. The minimum Gasteiger partial charge on any atom is -0.383 e. The van der Waals surface area contributed by atoms with Crippen molar-refractivity contribution in [3.05, 3.63) is 53.5 Å². The molecule has 1 aromatic carbocycles. The molecule has 198 valence electrons. The molecule has 11 heteroatoms. The molecule has 5 rings (SSSR count). The molecule has 0 bridgehead atoms. The van der Waals surface area contributed by atoms with Crippen LogP contribution in [-0.2, 0) is 12.7 Å². The maximum Gasteiger partial charge on any atom is 0.419 e. The van der Waals surface area contributed by atoms with Gasteiger partial charge in [0.15, 0.2) is 0 Å². The SMILES string of the molecule is Cc1c(N)ncnc1N1CCC(c2nc(-c3ccc(F)c(C(F)(F)F)c3)cn2CCN2CCCC2)CC1. The van der Waals surface area contributed by atoms with Crippen LogP contribution in [0.15, 0.2) is 30.7 Å². The minimum absolute atomic E-state index is 0.144. The number of rotatable bonds is 6. The van der Waals surface area contributed by atoms with Crippen molar-refractivity contribution in [3.8, 4) is 11.3 Å². The predicted octanol–water partition coefficient (Wildman–Crippen LogP) is 4.87. The van der Waals surface area contributed by atoms with Gasteiger partial charge >= 0.3 is 6.18 Å². The summed E-state index contributed by atoms with van der Waals surface area (Å²) in [6, 6.07) is 3.10. The first-order valence-electron chi connectivity index (χ1n) is 12.7. The summed E-state index contributed by atoms with van der Waals surface area (Å²) in [5.41, 5.74) is 6.25. The van der Waals surface area contributed by atoms with E-state index < -0.39 is 17.6 Å². The molecule has 0 saturated carbocycles. The lowest BCUT2D eigenvalue weighted by atomic mass is 9.95. The van der Waals surface area contributed by atoms with Crippen LogP contribution in [0.2, 0.25) is 0 Å². The highest BCUT2D eigenvalue weighted by Crippen LogP contribution is 2.36. The van der Waals surface area contributed by atoms with E-state index in [4.69, 9.17) is 10.7 Å². The number of aromatic nitrogens is 4. The number of piperidine rings is 1. The zero-order chi connectivity index (χ0) is 26.2. The Morgan fingerprint density at radius 1 is 1.03 bits per heavy atom. The maximum atomic E-state index is 13.9. The molecule has 2 N–H and O–H groups in total. The monoisotopic (exact) mass is 517 g/mol. The number of hydrogen-bond acceptors (Lipinski definition) is 6. The Bertz CT molecular complexity index is 1240. The fraction of sp³-hybridized carbons (Fsp3) is 0.500. The minimum atomic E-state index is -4.77. The van der Waals surface area contributed by atoms with Gasteiger partial charge in [-0.1, -0.05) is 0 Å². The summed E-state index contributed by atoms with van der Waals surface area (Å²) in [4.78, 5) is 17.9. The number of likely N-dealkylation sites (tertiary alicyclic amines) is 1. The van der Waals surface area contributed by atoms with Gasteiger partial charge in [-0.25, -0.2) is 19.3 Å². The highest BCUT2D eigenvalue weighted by Gasteiger charge is 2.35. The number of nitrogens with two attached hydrogens (primary N) is 1. The van der Waals surface area contributed by atoms with E-state index in [9.17, 15) is 17.6 Å². The molecule has 2 saturated heterocycles. The highest BCUT2D eigenvalue weighted by molar-refractivity contribution is 5.60. The molecule has 4 heterocycles. The summed E-state index contributed by atoms with van der Waals surface area (Å²) >= 11 is 0. The summed E-state index contributed by atoms with van der Waals surface area (Å²) in [5.74, 6) is 1.02. The predicted molar refractivity (Wildman–Crippen MR) is 134 cm³/mol. The van der Waals surface area contributed by atoms with Crippen LogP contribution in [-0.4, -0.2) is 57.1 Å². The van der Waals surface area contributed by atoms with E-state index in [0.29, 0.717) is 18.1 Å². The van der Waals surface area contributed by atoms with E-state index in [0.717, 1.165) is 74.9 Å². The van der Waals surface area contributed by atoms with Gasteiger partial charge in [-0.05, 0) is 63.9 Å². The average molecular weight is 518 g/mol. The van der Waals surface area contributed by atoms with Gasteiger partial charge in [0, 0.05) is 49.4 Å². The summed E-state index contributed by atoms with van der Waals surface area (Å²) in [6.45, 7) is 7.10. The Balaban J connectivity index is 1.40. The fourth-order valence-corrected chi connectivity index (χ4v) is 5.35. The van der Waals surface area contributed by atoms with Gasteiger partial charge in [0.25, 0.3) is 0 Å². The number of nitrogens with zero attached hydrogens (tertiary/aromatic N) is 6. The fourth-order valence-electron chi connectivity index (χ4n) is 5.35. The number of imidazole rings is 1. The van der Waals surface area contributed by atoms with Gasteiger partial charge in [0.2, 0.25) is 0 Å². The molecule has 0 unspecified atom stereocenters. The van der Waals surface area contributed by atoms with E-state index in [-0.39, 0.29) is 11.5 Å². The molecular weight excluding hydrogens is 486 g/mol. The molecule has 0 spiro atoms. The van der Waals surface area contributed by atoms with Crippen LogP contribution in [0.1, 0.15) is 48.6 Å². The van der Waals surface area contributed by atoms with Crippen molar-refractivity contribution in [2.45, 2.75) is 51.2 Å². The third-order valence-corrected chi connectivity index (χ3v) is 7.49. The Labute approximate surface area is 213 Å². The zero-order valence-corrected chi connectivity index (χ0v) is 20.8. The molecule has 0 aliphatic carbocycles. The van der Waals surface area contributed by atoms with Crippen molar-refractivity contribution >= 4 is 11.6 Å². The topological polar surface area (TPSA) is 76.1 Å². The number of nitrogen functional groups attached to an aromatic ring is 1. The number of benzene rings is 1. The van der Waals surface area contributed by atoms with E-state index in [2.05, 4.69) is 24.3 Å². The van der Waals surface area contributed by atoms with Crippen LogP contribution >= 0.6 is 0 Å². The molecule has 2 aliphatic rings. The quantitative estimate of drug-likeness (QED) is 0.471. The number of hydrogen-bond donors (Lipinski definition) is 1. The first-order chi connectivity index (χ1) is 17.7. The van der Waals surface area contributed by atoms with Gasteiger partial charge < -0.3 is 20.1 Å². The van der Waals surface area contributed by atoms with Crippen LogP contribution in [0.5, 0.6) is 0 Å². The first kappa shape index (κ1) is 25.4. The highest BCUT2D eigenvalue weighted by atomic mass is 19.4. The van der Waals surface area contributed by atoms with Gasteiger partial charge in [-0.3, -0.25) is 0 Å². The molecular formula is C26H31F4N7. The van der Waals surface area contributed by atoms with E-state index >= 15 is 0 Å². The van der Waals surface area contributed by atoms with Crippen molar-refractivity contribution < 1.29 is 17.6 Å². The molecule has 37 heavy (non-hydrogen) atoms. The standard InChI is InChI=1S/C26H31F4N7/c1-17-23(31)32-16-33-24(17)36-10-6-18(7-11-36)25-34-22(15-37(25)13-12-35-8-2-3-9-35)19-4-5-21(27)20(14-19)26(28,29)30/h4-5,14-16,18H,2-3,6-13H2,1H3,(H2,31,32,33). The van der Waals surface area contributed by atoms with Crippen LogP contribution in [0.25, 0.3) is 11.3 Å². The summed E-state index contributed by atoms with van der Waals surface area (Å²) < 4.78 is 56.0. The van der Waals surface area contributed by atoms with Gasteiger partial charge in [0.05, 0.1) is 11.3 Å². The van der Waals surface area contributed by atoms with E-state index in [1.807, 2.05) is 13.1 Å². The lowest BCUT2D eigenvalue weighted by Gasteiger charge is -2.33. The van der Waals surface area contributed by atoms with Crippen LogP contribution in [0, 0.1) is 12.7 Å².